The van der Waals surface area contributed by atoms with Crippen LogP contribution in [0.1, 0.15) is 37.8 Å². The summed E-state index contributed by atoms with van der Waals surface area (Å²) in [5.41, 5.74) is 2.32. The lowest BCUT2D eigenvalue weighted by Crippen LogP contribution is -2.29. The molecular weight excluding hydrogens is 234 g/mol. The largest absolute Gasteiger partial charge is 0.384 e. The molecule has 0 radical (unpaired) electrons. The average molecular weight is 257 g/mol. The molecule has 1 aliphatic carbocycles. The minimum Gasteiger partial charge on any atom is -0.384 e. The van der Waals surface area contributed by atoms with Crippen molar-refractivity contribution in [3.8, 4) is 11.8 Å². The van der Waals surface area contributed by atoms with Crippen molar-refractivity contribution in [2.24, 2.45) is 5.92 Å². The third-order valence-corrected chi connectivity index (χ3v) is 3.36. The Morgan fingerprint density at radius 3 is 2.68 bits per heavy atom. The van der Waals surface area contributed by atoms with Crippen molar-refractivity contribution in [1.29, 1.82) is 0 Å². The van der Waals surface area contributed by atoms with E-state index >= 15 is 0 Å². The van der Waals surface area contributed by atoms with Crippen molar-refractivity contribution in [1.82, 2.24) is 4.90 Å². The molecule has 0 unspecified atom stereocenters. The minimum atomic E-state index is -0.0767. The predicted molar refractivity (Wildman–Crippen MR) is 78.7 cm³/mol. The van der Waals surface area contributed by atoms with E-state index in [4.69, 9.17) is 5.11 Å². The summed E-state index contributed by atoms with van der Waals surface area (Å²) < 4.78 is 0. The van der Waals surface area contributed by atoms with Gasteiger partial charge in [-0.25, -0.2) is 0 Å². The third kappa shape index (κ3) is 4.38. The van der Waals surface area contributed by atoms with Crippen LogP contribution in [0.25, 0.3) is 0 Å². The van der Waals surface area contributed by atoms with E-state index in [1.807, 2.05) is 12.1 Å². The molecule has 1 aromatic carbocycles. The summed E-state index contributed by atoms with van der Waals surface area (Å²) in [5.74, 6) is 6.50. The van der Waals surface area contributed by atoms with Crippen molar-refractivity contribution in [2.45, 2.75) is 39.3 Å². The molecule has 0 heterocycles. The van der Waals surface area contributed by atoms with Gasteiger partial charge in [0.05, 0.1) is 0 Å². The summed E-state index contributed by atoms with van der Waals surface area (Å²) in [7, 11) is 0. The van der Waals surface area contributed by atoms with Gasteiger partial charge in [-0.3, -0.25) is 4.90 Å². The molecule has 1 N–H and O–H groups in total. The van der Waals surface area contributed by atoms with E-state index in [9.17, 15) is 0 Å². The van der Waals surface area contributed by atoms with E-state index in [1.165, 1.54) is 18.4 Å². The zero-order valence-corrected chi connectivity index (χ0v) is 11.9. The molecule has 102 valence electrons. The molecule has 19 heavy (non-hydrogen) atoms. The van der Waals surface area contributed by atoms with Crippen LogP contribution in [0.3, 0.4) is 0 Å². The maximum atomic E-state index is 8.83. The van der Waals surface area contributed by atoms with Crippen LogP contribution in [0.2, 0.25) is 0 Å². The van der Waals surface area contributed by atoms with Crippen LogP contribution in [0.5, 0.6) is 0 Å². The highest BCUT2D eigenvalue weighted by atomic mass is 16.2. The van der Waals surface area contributed by atoms with Crippen LogP contribution in [-0.2, 0) is 6.54 Å². The van der Waals surface area contributed by atoms with Gasteiger partial charge in [-0.15, -0.1) is 0 Å². The van der Waals surface area contributed by atoms with E-state index in [0.29, 0.717) is 5.92 Å². The van der Waals surface area contributed by atoms with E-state index in [-0.39, 0.29) is 6.61 Å². The second-order valence-corrected chi connectivity index (χ2v) is 5.67. The molecule has 0 aliphatic heterocycles. The number of aliphatic hydroxyl groups excluding tert-OH is 1. The Balaban J connectivity index is 2.11. The van der Waals surface area contributed by atoms with Gasteiger partial charge in [-0.1, -0.05) is 43.9 Å². The molecular formula is C17H23NO. The summed E-state index contributed by atoms with van der Waals surface area (Å²) in [6.45, 7) is 6.58. The van der Waals surface area contributed by atoms with E-state index in [1.54, 1.807) is 0 Å². The van der Waals surface area contributed by atoms with Gasteiger partial charge in [0.1, 0.15) is 6.61 Å². The SMILES string of the molecule is CC(C)CN(Cc1ccccc1C#CCO)C1CC1. The Morgan fingerprint density at radius 2 is 2.05 bits per heavy atom. The summed E-state index contributed by atoms with van der Waals surface area (Å²) >= 11 is 0. The van der Waals surface area contributed by atoms with Crippen molar-refractivity contribution in [3.63, 3.8) is 0 Å². The first-order chi connectivity index (χ1) is 9.20. The smallest absolute Gasteiger partial charge is 0.104 e. The van der Waals surface area contributed by atoms with Gasteiger partial charge in [0.2, 0.25) is 0 Å². The molecule has 0 spiro atoms. The Hall–Kier alpha value is -1.30. The highest BCUT2D eigenvalue weighted by molar-refractivity contribution is 5.41. The maximum absolute atomic E-state index is 8.83. The Bertz CT molecular complexity index is 466. The second kappa shape index (κ2) is 6.75. The molecule has 2 nitrogen and oxygen atoms in total. The third-order valence-electron chi connectivity index (χ3n) is 3.36. The van der Waals surface area contributed by atoms with Crippen LogP contribution in [0.4, 0.5) is 0 Å². The number of benzene rings is 1. The van der Waals surface area contributed by atoms with Gasteiger partial charge in [-0.2, -0.15) is 0 Å². The summed E-state index contributed by atoms with van der Waals surface area (Å²) in [4.78, 5) is 2.57. The Kier molecular flexibility index (Phi) is 5.01. The highest BCUT2D eigenvalue weighted by Gasteiger charge is 2.29. The van der Waals surface area contributed by atoms with Crippen LogP contribution in [0.15, 0.2) is 24.3 Å². The molecule has 2 heteroatoms. The lowest BCUT2D eigenvalue weighted by atomic mass is 10.1. The standard InChI is InChI=1S/C17H23NO/c1-14(2)12-18(17-9-10-17)13-16-7-4-3-6-15(16)8-5-11-19/h3-4,6-7,14,17,19H,9-13H2,1-2H3. The Morgan fingerprint density at radius 1 is 1.32 bits per heavy atom. The fourth-order valence-corrected chi connectivity index (χ4v) is 2.39. The predicted octanol–water partition coefficient (Wildman–Crippen LogP) is 2.65. The van der Waals surface area contributed by atoms with Gasteiger partial charge in [0, 0.05) is 24.7 Å². The quantitative estimate of drug-likeness (QED) is 0.820. The molecule has 1 aromatic rings. The number of rotatable bonds is 5. The average Bonchev–Trinajstić information content (AvgIpc) is 3.20. The van der Waals surface area contributed by atoms with Gasteiger partial charge in [-0.05, 0) is 30.4 Å². The minimum absolute atomic E-state index is 0.0767. The van der Waals surface area contributed by atoms with E-state index in [2.05, 4.69) is 42.7 Å². The number of hydrogen-bond donors (Lipinski definition) is 1. The lowest BCUT2D eigenvalue weighted by Gasteiger charge is -2.24. The lowest BCUT2D eigenvalue weighted by molar-refractivity contribution is 0.226. The second-order valence-electron chi connectivity index (χ2n) is 5.67. The zero-order chi connectivity index (χ0) is 13.7. The summed E-state index contributed by atoms with van der Waals surface area (Å²) in [5, 5.41) is 8.83. The first-order valence-electron chi connectivity index (χ1n) is 7.12. The van der Waals surface area contributed by atoms with Crippen molar-refractivity contribution < 1.29 is 5.11 Å². The monoisotopic (exact) mass is 257 g/mol. The van der Waals surface area contributed by atoms with E-state index < -0.39 is 0 Å². The number of hydrogen-bond acceptors (Lipinski definition) is 2. The van der Waals surface area contributed by atoms with Crippen LogP contribution >= 0.6 is 0 Å². The first kappa shape index (κ1) is 14.1. The molecule has 1 aliphatic rings. The van der Waals surface area contributed by atoms with Crippen molar-refractivity contribution in [3.05, 3.63) is 35.4 Å². The molecule has 1 fully saturated rings. The van der Waals surface area contributed by atoms with Crippen LogP contribution in [0, 0.1) is 17.8 Å². The fraction of sp³-hybridized carbons (Fsp3) is 0.529. The van der Waals surface area contributed by atoms with Crippen LogP contribution < -0.4 is 0 Å². The number of aliphatic hydroxyl groups is 1. The van der Waals surface area contributed by atoms with Gasteiger partial charge in [0.25, 0.3) is 0 Å². The van der Waals surface area contributed by atoms with E-state index in [0.717, 1.165) is 24.7 Å². The van der Waals surface area contributed by atoms with Crippen molar-refractivity contribution in [2.75, 3.05) is 13.2 Å². The Labute approximate surface area is 116 Å². The highest BCUT2D eigenvalue weighted by Crippen LogP contribution is 2.29. The van der Waals surface area contributed by atoms with Gasteiger partial charge < -0.3 is 5.11 Å². The van der Waals surface area contributed by atoms with Crippen LogP contribution in [-0.4, -0.2) is 29.2 Å². The fourth-order valence-electron chi connectivity index (χ4n) is 2.39. The molecule has 0 bridgehead atoms. The molecule has 0 amide bonds. The zero-order valence-electron chi connectivity index (χ0n) is 11.9. The van der Waals surface area contributed by atoms with Gasteiger partial charge >= 0.3 is 0 Å². The summed E-state index contributed by atoms with van der Waals surface area (Å²) in [6.07, 6.45) is 2.66. The molecule has 0 atom stereocenters. The first-order valence-corrected chi connectivity index (χ1v) is 7.12. The molecule has 1 saturated carbocycles. The van der Waals surface area contributed by atoms with Gasteiger partial charge in [0.15, 0.2) is 0 Å². The molecule has 0 aromatic heterocycles. The normalized spacial score (nSPS) is 14.6. The topological polar surface area (TPSA) is 23.5 Å². The molecule has 0 saturated heterocycles. The summed E-state index contributed by atoms with van der Waals surface area (Å²) in [6, 6.07) is 9.03. The maximum Gasteiger partial charge on any atom is 0.104 e. The molecule has 2 rings (SSSR count). The van der Waals surface area contributed by atoms with Crippen molar-refractivity contribution >= 4 is 0 Å². The number of nitrogens with zero attached hydrogens (tertiary/aromatic N) is 1.